The Labute approximate surface area is 122 Å². The zero-order valence-electron chi connectivity index (χ0n) is 11.8. The van der Waals surface area contributed by atoms with Gasteiger partial charge < -0.3 is 14.7 Å². The molecule has 0 saturated carbocycles. The van der Waals surface area contributed by atoms with Crippen molar-refractivity contribution in [2.45, 2.75) is 38.3 Å². The first-order valence-corrected chi connectivity index (χ1v) is 6.94. The van der Waals surface area contributed by atoms with Crippen LogP contribution in [0.4, 0.5) is 4.39 Å². The van der Waals surface area contributed by atoms with Crippen LogP contribution in [0, 0.1) is 5.82 Å². The topological polar surface area (TPSA) is 66.8 Å². The summed E-state index contributed by atoms with van der Waals surface area (Å²) in [6.45, 7) is 1.95. The van der Waals surface area contributed by atoms with Crippen LogP contribution in [0.5, 0.6) is 5.75 Å². The van der Waals surface area contributed by atoms with Gasteiger partial charge in [-0.05, 0) is 38.3 Å². The average Bonchev–Trinajstić information content (AvgIpc) is 2.46. The number of hydrogen-bond donors (Lipinski definition) is 1. The van der Waals surface area contributed by atoms with E-state index in [1.54, 1.807) is 13.0 Å². The van der Waals surface area contributed by atoms with E-state index in [0.29, 0.717) is 13.0 Å². The number of halogens is 1. The van der Waals surface area contributed by atoms with Crippen molar-refractivity contribution in [1.82, 2.24) is 4.90 Å². The number of piperidine rings is 1. The number of carboxylic acid groups (broad SMARTS) is 1. The van der Waals surface area contributed by atoms with Crippen molar-refractivity contribution in [3.8, 4) is 5.75 Å². The van der Waals surface area contributed by atoms with Crippen LogP contribution in [0.3, 0.4) is 0 Å². The summed E-state index contributed by atoms with van der Waals surface area (Å²) in [5.74, 6) is -1.58. The molecule has 2 atom stereocenters. The van der Waals surface area contributed by atoms with Gasteiger partial charge in [0.2, 0.25) is 0 Å². The normalized spacial score (nSPS) is 19.9. The molecule has 2 unspecified atom stereocenters. The Balaban J connectivity index is 2.05. The molecule has 1 fully saturated rings. The van der Waals surface area contributed by atoms with Crippen molar-refractivity contribution in [2.75, 3.05) is 6.54 Å². The summed E-state index contributed by atoms with van der Waals surface area (Å²) in [5.41, 5.74) is 0. The lowest BCUT2D eigenvalue weighted by Gasteiger charge is -2.34. The van der Waals surface area contributed by atoms with E-state index in [4.69, 9.17) is 4.74 Å². The Hall–Kier alpha value is -2.11. The first-order valence-electron chi connectivity index (χ1n) is 6.94. The molecule has 0 radical (unpaired) electrons. The fourth-order valence-electron chi connectivity index (χ4n) is 2.48. The molecule has 0 bridgehead atoms. The Morgan fingerprint density at radius 3 is 2.86 bits per heavy atom. The summed E-state index contributed by atoms with van der Waals surface area (Å²) in [7, 11) is 0. The molecule has 0 spiro atoms. The van der Waals surface area contributed by atoms with Gasteiger partial charge in [0, 0.05) is 12.6 Å². The van der Waals surface area contributed by atoms with Crippen molar-refractivity contribution < 1.29 is 23.8 Å². The highest BCUT2D eigenvalue weighted by Gasteiger charge is 2.34. The Bertz CT molecular complexity index is 534. The van der Waals surface area contributed by atoms with Crippen molar-refractivity contribution in [2.24, 2.45) is 0 Å². The van der Waals surface area contributed by atoms with Crippen LogP contribution in [-0.4, -0.2) is 40.6 Å². The number of carbonyl (C=O) groups is 2. The molecule has 1 heterocycles. The lowest BCUT2D eigenvalue weighted by atomic mass is 10.0. The van der Waals surface area contributed by atoms with E-state index in [0.717, 1.165) is 12.8 Å². The maximum absolute atomic E-state index is 13.1. The first kappa shape index (κ1) is 15.3. The van der Waals surface area contributed by atoms with Crippen LogP contribution in [0.1, 0.15) is 26.2 Å². The zero-order chi connectivity index (χ0) is 15.4. The van der Waals surface area contributed by atoms with Gasteiger partial charge in [-0.25, -0.2) is 9.18 Å². The van der Waals surface area contributed by atoms with E-state index < -0.39 is 23.9 Å². The third kappa shape index (κ3) is 3.71. The standard InChI is InChI=1S/C15H18FNO4/c1-10(21-12-6-4-5-11(16)9-12)14(18)17-8-3-2-7-13(17)15(19)20/h4-6,9-10,13H,2-3,7-8H2,1H3,(H,19,20). The number of rotatable bonds is 4. The highest BCUT2D eigenvalue weighted by molar-refractivity contribution is 5.86. The van der Waals surface area contributed by atoms with Crippen LogP contribution in [0.15, 0.2) is 24.3 Å². The second-order valence-corrected chi connectivity index (χ2v) is 5.10. The number of hydrogen-bond acceptors (Lipinski definition) is 3. The molecule has 114 valence electrons. The van der Waals surface area contributed by atoms with Crippen LogP contribution in [0.2, 0.25) is 0 Å². The highest BCUT2D eigenvalue weighted by atomic mass is 19.1. The van der Waals surface area contributed by atoms with Crippen molar-refractivity contribution in [3.05, 3.63) is 30.1 Å². The second-order valence-electron chi connectivity index (χ2n) is 5.10. The summed E-state index contributed by atoms with van der Waals surface area (Å²) in [6.07, 6.45) is 1.17. The van der Waals surface area contributed by atoms with Gasteiger partial charge >= 0.3 is 5.97 Å². The molecular formula is C15H18FNO4. The van der Waals surface area contributed by atoms with Gasteiger partial charge in [0.05, 0.1) is 0 Å². The van der Waals surface area contributed by atoms with Gasteiger partial charge in [-0.2, -0.15) is 0 Å². The van der Waals surface area contributed by atoms with E-state index in [2.05, 4.69) is 0 Å². The third-order valence-electron chi connectivity index (χ3n) is 3.53. The zero-order valence-corrected chi connectivity index (χ0v) is 11.8. The summed E-state index contributed by atoms with van der Waals surface area (Å²) in [4.78, 5) is 24.9. The molecule has 5 nitrogen and oxygen atoms in total. The summed E-state index contributed by atoms with van der Waals surface area (Å²) < 4.78 is 18.5. The fourth-order valence-corrected chi connectivity index (χ4v) is 2.48. The predicted octanol–water partition coefficient (Wildman–Crippen LogP) is 2.06. The molecule has 1 amide bonds. The third-order valence-corrected chi connectivity index (χ3v) is 3.53. The van der Waals surface area contributed by atoms with Crippen molar-refractivity contribution in [1.29, 1.82) is 0 Å². The van der Waals surface area contributed by atoms with Crippen LogP contribution in [-0.2, 0) is 9.59 Å². The van der Waals surface area contributed by atoms with Crippen molar-refractivity contribution >= 4 is 11.9 Å². The van der Waals surface area contributed by atoms with E-state index in [9.17, 15) is 19.1 Å². The molecule has 1 aromatic carbocycles. The van der Waals surface area contributed by atoms with E-state index in [-0.39, 0.29) is 11.7 Å². The number of carboxylic acids is 1. The van der Waals surface area contributed by atoms with Crippen molar-refractivity contribution in [3.63, 3.8) is 0 Å². The number of amides is 1. The molecule has 1 N–H and O–H groups in total. The lowest BCUT2D eigenvalue weighted by molar-refractivity contribution is -0.155. The Morgan fingerprint density at radius 1 is 1.43 bits per heavy atom. The smallest absolute Gasteiger partial charge is 0.326 e. The molecule has 2 rings (SSSR count). The largest absolute Gasteiger partial charge is 0.481 e. The monoisotopic (exact) mass is 295 g/mol. The van der Waals surface area contributed by atoms with Crippen LogP contribution < -0.4 is 4.74 Å². The summed E-state index contributed by atoms with van der Waals surface area (Å²) in [5, 5.41) is 9.18. The van der Waals surface area contributed by atoms with E-state index in [1.807, 2.05) is 0 Å². The van der Waals surface area contributed by atoms with E-state index in [1.165, 1.54) is 23.1 Å². The molecule has 21 heavy (non-hydrogen) atoms. The van der Waals surface area contributed by atoms with Crippen LogP contribution >= 0.6 is 0 Å². The molecule has 1 saturated heterocycles. The SMILES string of the molecule is CC(Oc1cccc(F)c1)C(=O)N1CCCCC1C(=O)O. The van der Waals surface area contributed by atoms with Gasteiger partial charge in [-0.1, -0.05) is 6.07 Å². The molecule has 6 heteroatoms. The molecule has 1 aliphatic rings. The molecule has 0 aromatic heterocycles. The molecule has 1 aliphatic heterocycles. The predicted molar refractivity (Wildman–Crippen MR) is 73.5 cm³/mol. The Morgan fingerprint density at radius 2 is 2.19 bits per heavy atom. The quantitative estimate of drug-likeness (QED) is 0.923. The molecule has 1 aromatic rings. The van der Waals surface area contributed by atoms with Gasteiger partial charge in [0.25, 0.3) is 5.91 Å². The van der Waals surface area contributed by atoms with Gasteiger partial charge in [-0.3, -0.25) is 4.79 Å². The maximum atomic E-state index is 13.1. The molecule has 0 aliphatic carbocycles. The van der Waals surface area contributed by atoms with Gasteiger partial charge in [0.15, 0.2) is 6.10 Å². The molecular weight excluding hydrogens is 277 g/mol. The number of likely N-dealkylation sites (tertiary alicyclic amines) is 1. The number of carbonyl (C=O) groups excluding carboxylic acids is 1. The van der Waals surface area contributed by atoms with Crippen LogP contribution in [0.25, 0.3) is 0 Å². The van der Waals surface area contributed by atoms with Gasteiger partial charge in [0.1, 0.15) is 17.6 Å². The minimum absolute atomic E-state index is 0.250. The number of benzene rings is 1. The minimum atomic E-state index is -0.999. The second kappa shape index (κ2) is 6.56. The highest BCUT2D eigenvalue weighted by Crippen LogP contribution is 2.20. The van der Waals surface area contributed by atoms with Gasteiger partial charge in [-0.15, -0.1) is 0 Å². The average molecular weight is 295 g/mol. The number of nitrogens with zero attached hydrogens (tertiary/aromatic N) is 1. The maximum Gasteiger partial charge on any atom is 0.326 e. The number of ether oxygens (including phenoxy) is 1. The summed E-state index contributed by atoms with van der Waals surface area (Å²) >= 11 is 0. The fraction of sp³-hybridized carbons (Fsp3) is 0.467. The Kier molecular flexibility index (Phi) is 4.77. The lowest BCUT2D eigenvalue weighted by Crippen LogP contribution is -2.52. The first-order chi connectivity index (χ1) is 9.99. The summed E-state index contributed by atoms with van der Waals surface area (Å²) in [6, 6.07) is 4.71. The number of aliphatic carboxylic acids is 1. The minimum Gasteiger partial charge on any atom is -0.481 e. The van der Waals surface area contributed by atoms with E-state index >= 15 is 0 Å².